The van der Waals surface area contributed by atoms with Crippen LogP contribution in [0.5, 0.6) is 46.0 Å². The summed E-state index contributed by atoms with van der Waals surface area (Å²) in [4.78, 5) is 16.6. The Balaban J connectivity index is 0.00000231. The van der Waals surface area contributed by atoms with Gasteiger partial charge in [-0.05, 0) is 97.1 Å². The number of phenolic OH excluding ortho intramolecular Hbond substituents is 8. The molecule has 289 valence electrons. The third-order valence-electron chi connectivity index (χ3n) is 9.84. The Morgan fingerprint density at radius 2 is 0.500 bits per heavy atom. The van der Waals surface area contributed by atoms with Gasteiger partial charge in [0.1, 0.15) is 46.0 Å². The molecule has 0 unspecified atom stereocenters. The zero-order valence-corrected chi connectivity index (χ0v) is 31.6. The summed E-state index contributed by atoms with van der Waals surface area (Å²) in [6, 6.07) is 24.2. The van der Waals surface area contributed by atoms with Crippen molar-refractivity contribution in [1.29, 1.82) is 0 Å². The van der Waals surface area contributed by atoms with E-state index < -0.39 is 0 Å². The quantitative estimate of drug-likeness (QED) is 0.0757. The van der Waals surface area contributed by atoms with Crippen LogP contribution in [0.15, 0.2) is 97.1 Å². The third-order valence-corrected chi connectivity index (χ3v) is 9.84. The van der Waals surface area contributed by atoms with Crippen molar-refractivity contribution in [2.75, 3.05) is 0 Å². The third kappa shape index (κ3) is 6.29. The van der Waals surface area contributed by atoms with E-state index in [-0.39, 0.29) is 113 Å². The number of benzene rings is 4. The van der Waals surface area contributed by atoms with E-state index in [9.17, 15) is 40.9 Å². The molecule has 0 saturated heterocycles. The number of rotatable bonds is 4. The number of H-pyrrole nitrogens is 2. The fourth-order valence-electron chi connectivity index (χ4n) is 7.40. The second-order valence-corrected chi connectivity index (χ2v) is 13.2. The first-order valence-electron chi connectivity index (χ1n) is 17.4. The molecule has 8 bridgehead atoms. The monoisotopic (exact) mass is 833 g/mol. The van der Waals surface area contributed by atoms with E-state index in [4.69, 9.17) is 9.97 Å². The summed E-state index contributed by atoms with van der Waals surface area (Å²) in [5, 5.41) is 89.6. The van der Waals surface area contributed by atoms with Gasteiger partial charge in [-0.2, -0.15) is 0 Å². The first kappa shape index (κ1) is 37.6. The summed E-state index contributed by atoms with van der Waals surface area (Å²) in [7, 11) is 4.39. The van der Waals surface area contributed by atoms with E-state index in [0.29, 0.717) is 22.1 Å². The van der Waals surface area contributed by atoms with Gasteiger partial charge < -0.3 is 50.8 Å². The fourth-order valence-corrected chi connectivity index (χ4v) is 7.40. The van der Waals surface area contributed by atoms with Crippen molar-refractivity contribution in [2.45, 2.75) is 0 Å². The van der Waals surface area contributed by atoms with Gasteiger partial charge in [-0.1, -0.05) is 24.3 Å². The summed E-state index contributed by atoms with van der Waals surface area (Å²) >= 11 is 2.72. The van der Waals surface area contributed by atoms with Crippen LogP contribution in [0, 0.1) is 0 Å². The van der Waals surface area contributed by atoms with Gasteiger partial charge in [0.15, 0.2) is 0 Å². The van der Waals surface area contributed by atoms with Gasteiger partial charge in [0.25, 0.3) is 0 Å². The molecule has 2 aliphatic rings. The SMILES string of the molecule is Oc1cccc(O)c1-c1c2nc(c(-c3c(O)cccc3O)c3ccc([nH]3)c(-c3c(O)cccc3O)c3nc(c(-c4c(O)cccc4O)c4ccc1[nH]4)C=C3)C=C2.[Cl][Fe]. The maximum absolute atomic E-state index is 11.2. The van der Waals surface area contributed by atoms with Gasteiger partial charge in [-0.15, -0.1) is 0 Å². The van der Waals surface area contributed by atoms with Crippen molar-refractivity contribution < 1.29 is 56.0 Å². The van der Waals surface area contributed by atoms with Crippen molar-refractivity contribution >= 4 is 56.5 Å². The molecule has 0 saturated carbocycles. The van der Waals surface area contributed by atoms with E-state index in [1.165, 1.54) is 72.8 Å². The fraction of sp³-hybridized carbons (Fsp3) is 0. The molecule has 14 heteroatoms. The van der Waals surface area contributed by atoms with Crippen molar-refractivity contribution in [3.05, 3.63) is 120 Å². The van der Waals surface area contributed by atoms with Crippen LogP contribution in [0.2, 0.25) is 0 Å². The molecule has 58 heavy (non-hydrogen) atoms. The Morgan fingerprint density at radius 1 is 0.310 bits per heavy atom. The van der Waals surface area contributed by atoms with Crippen LogP contribution < -0.4 is 0 Å². The van der Waals surface area contributed by atoms with E-state index in [1.54, 1.807) is 48.6 Å². The molecule has 2 aliphatic heterocycles. The number of fused-ring (bicyclic) bond motifs is 8. The molecular formula is C44H30ClFeN4O8. The van der Waals surface area contributed by atoms with Gasteiger partial charge in [-0.3, -0.25) is 0 Å². The van der Waals surface area contributed by atoms with E-state index in [2.05, 4.69) is 35.2 Å². The van der Waals surface area contributed by atoms with Crippen LogP contribution in [0.3, 0.4) is 0 Å². The standard InChI is InChI=1S/C44H30N4O8.ClH.Fe/c49-29-5-1-6-30(50)41(29)37-21-13-15-23(45-21)38(42-31(51)7-2-8-32(42)52)25-17-19-27(47-25)40(44-35(55)11-4-12-36(44)56)28-20-18-26(48-28)39(24-16-14-22(37)46-24)43-33(53)9-3-10-34(43)54;;/h1-20,45,48-56H;1H;/q;;+1/p-1. The molecular weight excluding hydrogens is 804 g/mol. The normalized spacial score (nSPS) is 11.7. The zero-order chi connectivity index (χ0) is 40.8. The average Bonchev–Trinajstić information content (AvgIpc) is 4.04. The van der Waals surface area contributed by atoms with Crippen LogP contribution >= 0.6 is 10.1 Å². The molecule has 4 aromatic carbocycles. The van der Waals surface area contributed by atoms with Gasteiger partial charge in [-0.25, -0.2) is 9.97 Å². The second-order valence-electron chi connectivity index (χ2n) is 13.2. The molecule has 0 radical (unpaired) electrons. The molecule has 10 N–H and O–H groups in total. The number of nitrogens with zero attached hydrogens (tertiary/aromatic N) is 2. The summed E-state index contributed by atoms with van der Waals surface area (Å²) in [5.74, 6) is -1.95. The van der Waals surface area contributed by atoms with Gasteiger partial charge in [0.2, 0.25) is 0 Å². The van der Waals surface area contributed by atoms with Crippen LogP contribution in [-0.4, -0.2) is 60.8 Å². The molecule has 0 spiro atoms. The van der Waals surface area contributed by atoms with Crippen molar-refractivity contribution in [1.82, 2.24) is 19.9 Å². The second kappa shape index (κ2) is 15.0. The Morgan fingerprint density at radius 3 is 0.690 bits per heavy atom. The van der Waals surface area contributed by atoms with Gasteiger partial charge in [0, 0.05) is 44.3 Å². The minimum atomic E-state index is -0.243. The summed E-state index contributed by atoms with van der Waals surface area (Å²) in [6.07, 6.45) is 6.66. The van der Waals surface area contributed by atoms with Crippen LogP contribution in [0.1, 0.15) is 22.8 Å². The summed E-state index contributed by atoms with van der Waals surface area (Å²) in [5.41, 5.74) is 3.95. The number of nitrogens with one attached hydrogen (secondary N) is 2. The number of aromatic nitrogens is 4. The maximum atomic E-state index is 11.2. The first-order valence-corrected chi connectivity index (χ1v) is 19.0. The topological polar surface area (TPSA) is 219 Å². The van der Waals surface area contributed by atoms with Crippen LogP contribution in [-0.2, 0) is 15.1 Å². The average molecular weight is 834 g/mol. The van der Waals surface area contributed by atoms with Crippen molar-refractivity contribution in [2.24, 2.45) is 0 Å². The minimum absolute atomic E-state index is 0.0585. The molecule has 5 heterocycles. The molecule has 3 aromatic heterocycles. The molecule has 0 aliphatic carbocycles. The summed E-state index contributed by atoms with van der Waals surface area (Å²) < 4.78 is 0. The molecule has 7 aromatic rings. The zero-order valence-electron chi connectivity index (χ0n) is 29.8. The number of halogens is 1. The number of hydrogen-bond donors (Lipinski definition) is 10. The number of hydrogen-bond acceptors (Lipinski definition) is 10. The number of phenols is 8. The molecule has 0 fully saturated rings. The van der Waals surface area contributed by atoms with E-state index in [0.717, 1.165) is 0 Å². The van der Waals surface area contributed by atoms with Crippen LogP contribution in [0.4, 0.5) is 0 Å². The van der Waals surface area contributed by atoms with Crippen molar-refractivity contribution in [3.63, 3.8) is 0 Å². The molecule has 12 nitrogen and oxygen atoms in total. The predicted molar refractivity (Wildman–Crippen MR) is 220 cm³/mol. The van der Waals surface area contributed by atoms with Crippen LogP contribution in [0.25, 0.3) is 90.9 Å². The molecule has 0 atom stereocenters. The first-order chi connectivity index (χ1) is 28.1. The predicted octanol–water partition coefficient (Wildman–Crippen LogP) is 9.66. The van der Waals surface area contributed by atoms with E-state index >= 15 is 0 Å². The Hall–Kier alpha value is -7.31. The van der Waals surface area contributed by atoms with Gasteiger partial charge >= 0.3 is 25.2 Å². The molecule has 9 rings (SSSR count). The molecule has 0 amide bonds. The number of aromatic hydroxyl groups is 8. The Bertz CT molecular complexity index is 2570. The number of aromatic amines is 2. The Kier molecular flexibility index (Phi) is 9.71. The van der Waals surface area contributed by atoms with Crippen molar-refractivity contribution in [3.8, 4) is 90.5 Å². The Labute approximate surface area is 341 Å². The summed E-state index contributed by atoms with van der Waals surface area (Å²) in [6.45, 7) is 0. The van der Waals surface area contributed by atoms with Gasteiger partial charge in [0.05, 0.1) is 45.0 Å². The van der Waals surface area contributed by atoms with E-state index in [1.807, 2.05) is 0 Å².